The number of thiophene rings is 1. The van der Waals surface area contributed by atoms with E-state index in [0.29, 0.717) is 5.02 Å². The average Bonchev–Trinajstić information content (AvgIpc) is 3.47. The fourth-order valence-corrected chi connectivity index (χ4v) is 5.65. The molecule has 0 bridgehead atoms. The molecule has 1 N–H and O–H groups in total. The molecule has 4 heterocycles. The standard InChI is InChI=1S/C24H19ClN4OS2/c1-13-5-7-14(8-6-13)22-19-20(16-12-15(25)9-10-17(16)30-22)26-23-27-24(31-2)28-29(23)21(19)18-4-3-11-32-18/h3-12,21-22H,1-2H3,(H,26,27,28)/t21-,22-/m0/s1. The van der Waals surface area contributed by atoms with Crippen LogP contribution in [0.2, 0.25) is 5.02 Å². The maximum atomic E-state index is 6.64. The van der Waals surface area contributed by atoms with E-state index in [9.17, 15) is 0 Å². The van der Waals surface area contributed by atoms with Gasteiger partial charge in [-0.25, -0.2) is 4.68 Å². The van der Waals surface area contributed by atoms with Crippen molar-refractivity contribution in [3.63, 3.8) is 0 Å². The first-order valence-corrected chi connectivity index (χ1v) is 12.7. The summed E-state index contributed by atoms with van der Waals surface area (Å²) in [5, 5.41) is 11.9. The van der Waals surface area contributed by atoms with Crippen LogP contribution in [0.15, 0.2) is 70.7 Å². The lowest BCUT2D eigenvalue weighted by Crippen LogP contribution is -2.32. The molecule has 0 fully saturated rings. The first kappa shape index (κ1) is 19.9. The minimum absolute atomic E-state index is 0.131. The zero-order chi connectivity index (χ0) is 21.8. The smallest absolute Gasteiger partial charge is 0.227 e. The van der Waals surface area contributed by atoms with Crippen LogP contribution in [0.3, 0.4) is 0 Å². The number of benzene rings is 2. The molecule has 32 heavy (non-hydrogen) atoms. The second-order valence-electron chi connectivity index (χ2n) is 7.79. The normalized spacial score (nSPS) is 19.0. The zero-order valence-corrected chi connectivity index (χ0v) is 19.8. The van der Waals surface area contributed by atoms with E-state index in [2.05, 4.69) is 54.0 Å². The van der Waals surface area contributed by atoms with Gasteiger partial charge in [-0.05, 0) is 48.4 Å². The second kappa shape index (κ2) is 7.69. The van der Waals surface area contributed by atoms with E-state index in [1.54, 1.807) is 11.3 Å². The largest absolute Gasteiger partial charge is 0.480 e. The number of thioether (sulfide) groups is 1. The molecule has 8 heteroatoms. The van der Waals surface area contributed by atoms with Crippen LogP contribution in [0.1, 0.15) is 33.7 Å². The van der Waals surface area contributed by atoms with Crippen molar-refractivity contribution >= 4 is 46.3 Å². The highest BCUT2D eigenvalue weighted by atomic mass is 35.5. The van der Waals surface area contributed by atoms with Crippen LogP contribution in [0.4, 0.5) is 5.95 Å². The Balaban J connectivity index is 1.63. The number of fused-ring (bicyclic) bond motifs is 3. The number of aryl methyl sites for hydroxylation is 1. The predicted octanol–water partition coefficient (Wildman–Crippen LogP) is 6.58. The molecule has 0 unspecified atom stereocenters. The fraction of sp³-hybridized carbons (Fsp3) is 0.167. The Morgan fingerprint density at radius 3 is 2.75 bits per heavy atom. The number of nitrogens with zero attached hydrogens (tertiary/aromatic N) is 3. The summed E-state index contributed by atoms with van der Waals surface area (Å²) < 4.78 is 8.62. The van der Waals surface area contributed by atoms with Gasteiger partial charge >= 0.3 is 0 Å². The third-order valence-corrected chi connectivity index (χ3v) is 7.49. The van der Waals surface area contributed by atoms with Crippen LogP contribution >= 0.6 is 34.7 Å². The van der Waals surface area contributed by atoms with Crippen molar-refractivity contribution in [1.29, 1.82) is 0 Å². The molecule has 5 nitrogen and oxygen atoms in total. The molecule has 2 atom stereocenters. The number of rotatable bonds is 3. The number of hydrogen-bond donors (Lipinski definition) is 1. The first-order chi connectivity index (χ1) is 15.6. The summed E-state index contributed by atoms with van der Waals surface area (Å²) in [6.07, 6.45) is 1.72. The molecule has 2 aromatic heterocycles. The Hall–Kier alpha value is -2.74. The number of halogens is 1. The van der Waals surface area contributed by atoms with Gasteiger partial charge < -0.3 is 10.1 Å². The quantitative estimate of drug-likeness (QED) is 0.337. The van der Waals surface area contributed by atoms with Crippen LogP contribution in [0, 0.1) is 6.92 Å². The number of aromatic nitrogens is 3. The van der Waals surface area contributed by atoms with E-state index < -0.39 is 0 Å². The van der Waals surface area contributed by atoms with Crippen molar-refractivity contribution in [1.82, 2.24) is 14.8 Å². The molecular weight excluding hydrogens is 460 g/mol. The van der Waals surface area contributed by atoms with Gasteiger partial charge in [0.1, 0.15) is 17.9 Å². The molecule has 0 amide bonds. The van der Waals surface area contributed by atoms with Crippen LogP contribution in [-0.4, -0.2) is 21.0 Å². The highest BCUT2D eigenvalue weighted by molar-refractivity contribution is 7.98. The lowest BCUT2D eigenvalue weighted by molar-refractivity contribution is 0.223. The lowest BCUT2D eigenvalue weighted by Gasteiger charge is -2.38. The molecule has 6 rings (SSSR count). The van der Waals surface area contributed by atoms with Crippen LogP contribution in [0.25, 0.3) is 5.70 Å². The van der Waals surface area contributed by atoms with Gasteiger partial charge in [-0.2, -0.15) is 4.98 Å². The van der Waals surface area contributed by atoms with Crippen LogP contribution < -0.4 is 10.1 Å². The minimum Gasteiger partial charge on any atom is -0.480 e. The fourth-order valence-electron chi connectivity index (χ4n) is 4.31. The first-order valence-electron chi connectivity index (χ1n) is 10.2. The highest BCUT2D eigenvalue weighted by Gasteiger charge is 2.41. The summed E-state index contributed by atoms with van der Waals surface area (Å²) in [6, 6.07) is 18.4. The van der Waals surface area contributed by atoms with Gasteiger partial charge in [-0.1, -0.05) is 59.3 Å². The monoisotopic (exact) mass is 478 g/mol. The van der Waals surface area contributed by atoms with Crippen molar-refractivity contribution in [2.75, 3.05) is 11.6 Å². The maximum Gasteiger partial charge on any atom is 0.227 e. The van der Waals surface area contributed by atoms with Gasteiger partial charge in [0.05, 0.1) is 5.70 Å². The third kappa shape index (κ3) is 3.15. The van der Waals surface area contributed by atoms with Crippen molar-refractivity contribution in [3.05, 3.63) is 92.1 Å². The molecule has 2 aliphatic heterocycles. The Morgan fingerprint density at radius 1 is 1.16 bits per heavy atom. The molecule has 2 aliphatic rings. The van der Waals surface area contributed by atoms with Gasteiger partial charge in [-0.3, -0.25) is 0 Å². The van der Waals surface area contributed by atoms with Crippen molar-refractivity contribution in [2.24, 2.45) is 0 Å². The van der Waals surface area contributed by atoms with Gasteiger partial charge in [0.25, 0.3) is 0 Å². The average molecular weight is 479 g/mol. The number of hydrogen-bond acceptors (Lipinski definition) is 6. The van der Waals surface area contributed by atoms with E-state index in [0.717, 1.165) is 39.3 Å². The van der Waals surface area contributed by atoms with E-state index in [1.165, 1.54) is 22.2 Å². The van der Waals surface area contributed by atoms with Gasteiger partial charge in [-0.15, -0.1) is 16.4 Å². The third-order valence-electron chi connectivity index (χ3n) is 5.79. The molecule has 0 aliphatic carbocycles. The second-order valence-corrected chi connectivity index (χ2v) is 9.98. The van der Waals surface area contributed by atoms with Crippen molar-refractivity contribution < 1.29 is 4.74 Å². The Bertz CT molecular complexity index is 1350. The number of anilines is 1. The van der Waals surface area contributed by atoms with Crippen LogP contribution in [0.5, 0.6) is 5.75 Å². The number of ether oxygens (including phenoxy) is 1. The zero-order valence-electron chi connectivity index (χ0n) is 17.4. The number of nitrogens with one attached hydrogen (secondary N) is 1. The molecule has 2 aromatic carbocycles. The minimum atomic E-state index is -0.269. The van der Waals surface area contributed by atoms with E-state index in [-0.39, 0.29) is 12.1 Å². The Kier molecular flexibility index (Phi) is 4.78. The molecule has 160 valence electrons. The maximum absolute atomic E-state index is 6.64. The molecule has 0 saturated heterocycles. The topological polar surface area (TPSA) is 52.0 Å². The highest BCUT2D eigenvalue weighted by Crippen LogP contribution is 2.51. The molecular formula is C24H19ClN4OS2. The summed E-state index contributed by atoms with van der Waals surface area (Å²) in [4.78, 5) is 5.91. The summed E-state index contributed by atoms with van der Waals surface area (Å²) in [7, 11) is 0. The SMILES string of the molecule is CSc1nc2n(n1)[C@@H](c1cccs1)C1=C(N2)c2cc(Cl)ccc2O[C@H]1c1ccc(C)cc1. The van der Waals surface area contributed by atoms with Gasteiger partial charge in [0, 0.05) is 21.0 Å². The Morgan fingerprint density at radius 2 is 2.00 bits per heavy atom. The van der Waals surface area contributed by atoms with E-state index >= 15 is 0 Å². The molecule has 0 radical (unpaired) electrons. The summed E-state index contributed by atoms with van der Waals surface area (Å²) >= 11 is 9.64. The molecule has 0 saturated carbocycles. The van der Waals surface area contributed by atoms with Crippen LogP contribution in [-0.2, 0) is 0 Å². The predicted molar refractivity (Wildman–Crippen MR) is 131 cm³/mol. The molecule has 4 aromatic rings. The van der Waals surface area contributed by atoms with E-state index in [1.807, 2.05) is 29.1 Å². The summed E-state index contributed by atoms with van der Waals surface area (Å²) in [6.45, 7) is 2.09. The van der Waals surface area contributed by atoms with Crippen molar-refractivity contribution in [2.45, 2.75) is 24.2 Å². The van der Waals surface area contributed by atoms with E-state index in [4.69, 9.17) is 26.4 Å². The lowest BCUT2D eigenvalue weighted by atomic mass is 9.87. The van der Waals surface area contributed by atoms with Gasteiger partial charge in [0.2, 0.25) is 11.1 Å². The summed E-state index contributed by atoms with van der Waals surface area (Å²) in [5.41, 5.74) is 5.35. The Labute approximate surface area is 199 Å². The molecule has 0 spiro atoms. The van der Waals surface area contributed by atoms with Gasteiger partial charge in [0.15, 0.2) is 0 Å². The summed E-state index contributed by atoms with van der Waals surface area (Å²) in [5.74, 6) is 1.52. The van der Waals surface area contributed by atoms with Crippen molar-refractivity contribution in [3.8, 4) is 5.75 Å².